The van der Waals surface area contributed by atoms with E-state index in [0.29, 0.717) is 4.20 Å². The van der Waals surface area contributed by atoms with Crippen LogP contribution in [0, 0.1) is 6.92 Å². The molecule has 100 valence electrons. The largest absolute Gasteiger partial charge is 0.223 e. The minimum absolute atomic E-state index is 0.249. The molecule has 0 amide bonds. The average molecular weight is 304 g/mol. The van der Waals surface area contributed by atoms with Crippen LogP contribution in [0.1, 0.15) is 19.4 Å². The molecule has 0 saturated carbocycles. The van der Waals surface area contributed by atoms with Gasteiger partial charge in [0.15, 0.2) is 9.84 Å². The van der Waals surface area contributed by atoms with Gasteiger partial charge < -0.3 is 0 Å². The molecule has 0 spiro atoms. The highest BCUT2D eigenvalue weighted by molar-refractivity contribution is 8.22. The highest BCUT2D eigenvalue weighted by Gasteiger charge is 2.40. The number of sulfone groups is 1. The van der Waals surface area contributed by atoms with E-state index < -0.39 is 14.6 Å². The minimum Gasteiger partial charge on any atom is -0.223 e. The number of benzene rings is 1. The highest BCUT2D eigenvalue weighted by Crippen LogP contribution is 2.29. The van der Waals surface area contributed by atoms with E-state index in [0.717, 1.165) is 5.56 Å². The van der Waals surface area contributed by atoms with E-state index in [2.05, 4.69) is 0 Å². The third-order valence-corrected chi connectivity index (χ3v) is 7.70. The Morgan fingerprint density at radius 2 is 1.67 bits per heavy atom. The first kappa shape index (κ1) is 15.5. The van der Waals surface area contributed by atoms with E-state index in [1.165, 1.54) is 11.8 Å². The van der Waals surface area contributed by atoms with Crippen molar-refractivity contribution in [2.75, 3.05) is 6.26 Å². The Morgan fingerprint density at radius 1 is 1.17 bits per heavy atom. The third kappa shape index (κ3) is 2.70. The van der Waals surface area contributed by atoms with Crippen LogP contribution in [0.4, 0.5) is 0 Å². The van der Waals surface area contributed by atoms with Gasteiger partial charge in [-0.15, -0.1) is 11.8 Å². The second-order valence-electron chi connectivity index (χ2n) is 4.40. The van der Waals surface area contributed by atoms with Gasteiger partial charge in [-0.1, -0.05) is 17.7 Å². The van der Waals surface area contributed by atoms with Crippen molar-refractivity contribution < 1.29 is 12.6 Å². The van der Waals surface area contributed by atoms with Gasteiger partial charge in [0.1, 0.15) is 16.0 Å². The van der Waals surface area contributed by atoms with Crippen molar-refractivity contribution in [1.82, 2.24) is 0 Å². The monoisotopic (exact) mass is 304 g/mol. The van der Waals surface area contributed by atoms with Gasteiger partial charge in [-0.2, -0.15) is 0 Å². The van der Waals surface area contributed by atoms with Crippen molar-refractivity contribution in [3.8, 4) is 0 Å². The number of aryl methyl sites for hydroxylation is 1. The zero-order valence-corrected chi connectivity index (χ0v) is 13.2. The quantitative estimate of drug-likeness (QED) is 0.804. The SMILES string of the molecule is CSC(=S=O)C(C)(C)S(=O)(=O)c1ccc(C)cc1. The molecule has 0 fully saturated rings. The molecule has 0 aliphatic carbocycles. The molecule has 1 aromatic carbocycles. The maximum atomic E-state index is 12.5. The lowest BCUT2D eigenvalue weighted by Crippen LogP contribution is -2.39. The lowest BCUT2D eigenvalue weighted by Gasteiger charge is -2.24. The smallest absolute Gasteiger partial charge is 0.189 e. The second kappa shape index (κ2) is 5.59. The first-order valence-electron chi connectivity index (χ1n) is 5.30. The van der Waals surface area contributed by atoms with Crippen LogP contribution < -0.4 is 0 Å². The number of rotatable bonds is 3. The van der Waals surface area contributed by atoms with Crippen molar-refractivity contribution in [3.63, 3.8) is 0 Å². The van der Waals surface area contributed by atoms with Crippen LogP contribution in [0.3, 0.4) is 0 Å². The van der Waals surface area contributed by atoms with Crippen LogP contribution in [0.25, 0.3) is 0 Å². The van der Waals surface area contributed by atoms with Crippen molar-refractivity contribution >= 4 is 37.1 Å². The van der Waals surface area contributed by atoms with E-state index >= 15 is 0 Å². The summed E-state index contributed by atoms with van der Waals surface area (Å²) < 4.78 is 35.3. The van der Waals surface area contributed by atoms with Crippen molar-refractivity contribution in [2.24, 2.45) is 0 Å². The van der Waals surface area contributed by atoms with E-state index in [-0.39, 0.29) is 16.2 Å². The van der Waals surface area contributed by atoms with Gasteiger partial charge in [-0.05, 0) is 39.2 Å². The fourth-order valence-electron chi connectivity index (χ4n) is 1.50. The maximum Gasteiger partial charge on any atom is 0.189 e. The molecule has 1 aromatic rings. The summed E-state index contributed by atoms with van der Waals surface area (Å²) >= 11 is 1.44. The summed E-state index contributed by atoms with van der Waals surface area (Å²) in [6, 6.07) is 6.68. The summed E-state index contributed by atoms with van der Waals surface area (Å²) in [6.07, 6.45) is 1.71. The fourth-order valence-corrected chi connectivity index (χ4v) is 4.78. The summed E-state index contributed by atoms with van der Waals surface area (Å²) in [5.41, 5.74) is 0.999. The zero-order valence-electron chi connectivity index (χ0n) is 10.8. The standard InChI is InChI=1S/C12H16O3S3/c1-9-5-7-10(8-6-9)18(14,15)12(2,3)11(16-4)17-13/h5-8H,1-4H3. The average Bonchev–Trinajstić information content (AvgIpc) is 2.30. The predicted molar refractivity (Wildman–Crippen MR) is 79.1 cm³/mol. The van der Waals surface area contributed by atoms with E-state index in [4.69, 9.17) is 0 Å². The molecule has 3 nitrogen and oxygen atoms in total. The summed E-state index contributed by atoms with van der Waals surface area (Å²) in [5, 5.41) is 0. The molecule has 0 atom stereocenters. The molecule has 0 aromatic heterocycles. The van der Waals surface area contributed by atoms with Crippen molar-refractivity contribution in [2.45, 2.75) is 30.4 Å². The van der Waals surface area contributed by atoms with Crippen LogP contribution in [-0.2, 0) is 21.1 Å². The van der Waals surface area contributed by atoms with Crippen LogP contribution in [-0.4, -0.2) is 27.8 Å². The Kier molecular flexibility index (Phi) is 4.80. The lowest BCUT2D eigenvalue weighted by atomic mass is 10.2. The maximum absolute atomic E-state index is 12.5. The van der Waals surface area contributed by atoms with Gasteiger partial charge in [0.25, 0.3) is 0 Å². The topological polar surface area (TPSA) is 51.2 Å². The lowest BCUT2D eigenvalue weighted by molar-refractivity contribution is 0.578. The fraction of sp³-hybridized carbons (Fsp3) is 0.417. The first-order valence-corrected chi connectivity index (χ1v) is 8.75. The van der Waals surface area contributed by atoms with E-state index in [9.17, 15) is 12.6 Å². The summed E-state index contributed by atoms with van der Waals surface area (Å²) in [5.74, 6) is 0. The normalized spacial score (nSPS) is 12.2. The molecule has 0 unspecified atom stereocenters. The summed E-state index contributed by atoms with van der Waals surface area (Å²) in [6.45, 7) is 5.03. The molecule has 0 aliphatic rings. The van der Waals surface area contributed by atoms with Crippen LogP contribution in [0.2, 0.25) is 0 Å². The molecule has 6 heteroatoms. The van der Waals surface area contributed by atoms with Crippen molar-refractivity contribution in [1.29, 1.82) is 0 Å². The molecule has 1 rings (SSSR count). The Labute approximate surface area is 116 Å². The minimum atomic E-state index is -3.56. The molecule has 0 N–H and O–H groups in total. The highest BCUT2D eigenvalue weighted by atomic mass is 32.2. The summed E-state index contributed by atoms with van der Waals surface area (Å²) in [7, 11) is -3.56. The van der Waals surface area contributed by atoms with Crippen LogP contribution in [0.15, 0.2) is 29.2 Å². The Morgan fingerprint density at radius 3 is 2.06 bits per heavy atom. The Bertz CT molecular complexity index is 579. The third-order valence-electron chi connectivity index (χ3n) is 2.76. The zero-order chi connectivity index (χ0) is 14.0. The molecule has 0 saturated heterocycles. The number of hydrogen-bond donors (Lipinski definition) is 0. The first-order chi connectivity index (χ1) is 8.27. The Balaban J connectivity index is 3.38. The van der Waals surface area contributed by atoms with Gasteiger partial charge in [-0.25, -0.2) is 12.6 Å². The van der Waals surface area contributed by atoms with E-state index in [1.54, 1.807) is 44.4 Å². The second-order valence-corrected chi connectivity index (χ2v) is 8.55. The Hall–Kier alpha value is -0.590. The molecule has 0 bridgehead atoms. The predicted octanol–water partition coefficient (Wildman–Crippen LogP) is 2.25. The van der Waals surface area contributed by atoms with Gasteiger partial charge in [0.2, 0.25) is 0 Å². The molecule has 0 heterocycles. The van der Waals surface area contributed by atoms with Gasteiger partial charge in [0, 0.05) is 0 Å². The molecular weight excluding hydrogens is 288 g/mol. The summed E-state index contributed by atoms with van der Waals surface area (Å²) in [4.78, 5) is 0.249. The molecular formula is C12H16O3S3. The molecule has 0 aliphatic heterocycles. The van der Waals surface area contributed by atoms with Crippen LogP contribution in [0.5, 0.6) is 0 Å². The van der Waals surface area contributed by atoms with Gasteiger partial charge >= 0.3 is 0 Å². The number of hydrogen-bond acceptors (Lipinski definition) is 4. The van der Waals surface area contributed by atoms with Crippen LogP contribution >= 0.6 is 11.8 Å². The van der Waals surface area contributed by atoms with Crippen molar-refractivity contribution in [3.05, 3.63) is 29.8 Å². The molecule has 18 heavy (non-hydrogen) atoms. The van der Waals surface area contributed by atoms with E-state index in [1.807, 2.05) is 6.92 Å². The van der Waals surface area contributed by atoms with Gasteiger partial charge in [-0.3, -0.25) is 0 Å². The molecule has 0 radical (unpaired) electrons. The van der Waals surface area contributed by atoms with Gasteiger partial charge in [0.05, 0.1) is 9.09 Å². The number of thioether (sulfide) groups is 1.